The van der Waals surface area contributed by atoms with E-state index in [0.717, 1.165) is 26.6 Å². The quantitative estimate of drug-likeness (QED) is 0.590. The van der Waals surface area contributed by atoms with Gasteiger partial charge in [0.05, 0.1) is 23.3 Å². The normalized spacial score (nSPS) is 11.2. The second-order valence-corrected chi connectivity index (χ2v) is 7.95. The molecule has 0 fully saturated rings. The minimum atomic E-state index is -0.162. The van der Waals surface area contributed by atoms with E-state index < -0.39 is 0 Å². The number of benzene rings is 1. The van der Waals surface area contributed by atoms with E-state index in [2.05, 4.69) is 4.98 Å². The van der Waals surface area contributed by atoms with Gasteiger partial charge in [-0.3, -0.25) is 14.2 Å². The van der Waals surface area contributed by atoms with E-state index in [1.807, 2.05) is 37.4 Å². The molecule has 0 saturated heterocycles. The number of carbonyl (C=O) groups excluding carboxylic acids is 1. The first kappa shape index (κ1) is 18.2. The minimum absolute atomic E-state index is 0.0133. The second kappa shape index (κ2) is 7.72. The van der Waals surface area contributed by atoms with E-state index in [4.69, 9.17) is 11.6 Å². The average molecular weight is 393 g/mol. The van der Waals surface area contributed by atoms with Crippen LogP contribution in [0.4, 0.5) is 0 Å². The van der Waals surface area contributed by atoms with Crippen molar-refractivity contribution in [3.63, 3.8) is 0 Å². The van der Waals surface area contributed by atoms with Gasteiger partial charge in [-0.15, -0.1) is 23.1 Å². The van der Waals surface area contributed by atoms with Crippen LogP contribution in [-0.2, 0) is 24.2 Å². The molecule has 2 aromatic heterocycles. The largest absolute Gasteiger partial charge is 0.297 e. The van der Waals surface area contributed by atoms with Crippen LogP contribution >= 0.6 is 34.7 Å². The van der Waals surface area contributed by atoms with E-state index in [1.54, 1.807) is 0 Å². The Balaban J connectivity index is 1.84. The van der Waals surface area contributed by atoms with Crippen LogP contribution in [0.15, 0.2) is 40.3 Å². The van der Waals surface area contributed by atoms with Crippen molar-refractivity contribution in [1.82, 2.24) is 9.55 Å². The molecule has 0 atom stereocenters. The molecule has 3 aromatic rings. The molecule has 0 unspecified atom stereocenters. The number of carbonyl (C=O) groups is 1. The first-order chi connectivity index (χ1) is 12.0. The van der Waals surface area contributed by atoms with Crippen LogP contribution in [0.1, 0.15) is 17.4 Å². The SMILES string of the molecule is CCc1cc2c(=O)n(CC(=O)Cc3cccc(Cl)c3SC)cnc2s1. The van der Waals surface area contributed by atoms with Gasteiger partial charge in [0.1, 0.15) is 4.83 Å². The molecule has 0 spiro atoms. The average Bonchev–Trinajstić information content (AvgIpc) is 3.02. The lowest BCUT2D eigenvalue weighted by molar-refractivity contribution is -0.119. The van der Waals surface area contributed by atoms with Crippen LogP contribution in [0, 0.1) is 0 Å². The van der Waals surface area contributed by atoms with Gasteiger partial charge in [0.2, 0.25) is 0 Å². The highest BCUT2D eigenvalue weighted by atomic mass is 35.5. The Morgan fingerprint density at radius 3 is 2.92 bits per heavy atom. The number of halogens is 1. The van der Waals surface area contributed by atoms with Gasteiger partial charge in [0.25, 0.3) is 5.56 Å². The first-order valence-corrected chi connectivity index (χ1v) is 10.3. The maximum absolute atomic E-state index is 12.6. The molecule has 7 heteroatoms. The number of hydrogen-bond acceptors (Lipinski definition) is 5. The first-order valence-electron chi connectivity index (χ1n) is 7.84. The Kier molecular flexibility index (Phi) is 5.61. The third kappa shape index (κ3) is 3.81. The zero-order valence-electron chi connectivity index (χ0n) is 13.9. The number of thiophene rings is 1. The van der Waals surface area contributed by atoms with Gasteiger partial charge in [0.15, 0.2) is 5.78 Å². The number of Topliss-reactive ketones (excluding diaryl/α,β-unsaturated/α-hetero) is 1. The molecule has 0 saturated carbocycles. The number of nitrogens with zero attached hydrogens (tertiary/aromatic N) is 2. The molecule has 0 aliphatic carbocycles. The molecule has 0 amide bonds. The molecule has 25 heavy (non-hydrogen) atoms. The number of aromatic nitrogens is 2. The highest BCUT2D eigenvalue weighted by Gasteiger charge is 2.14. The van der Waals surface area contributed by atoms with Crippen molar-refractivity contribution in [3.8, 4) is 0 Å². The van der Waals surface area contributed by atoms with Crippen molar-refractivity contribution >= 4 is 50.7 Å². The number of thioether (sulfide) groups is 1. The third-order valence-corrected chi connectivity index (χ3v) is 6.41. The van der Waals surface area contributed by atoms with Crippen LogP contribution in [0.5, 0.6) is 0 Å². The summed E-state index contributed by atoms with van der Waals surface area (Å²) < 4.78 is 1.39. The lowest BCUT2D eigenvalue weighted by atomic mass is 10.1. The van der Waals surface area contributed by atoms with Crippen LogP contribution < -0.4 is 5.56 Å². The lowest BCUT2D eigenvalue weighted by Crippen LogP contribution is -2.25. The molecule has 0 bridgehead atoms. The molecule has 4 nitrogen and oxygen atoms in total. The Labute approximate surface area is 158 Å². The molecule has 2 heterocycles. The fourth-order valence-electron chi connectivity index (χ4n) is 2.68. The summed E-state index contributed by atoms with van der Waals surface area (Å²) >= 11 is 9.22. The molecule has 0 radical (unpaired) electrons. The van der Waals surface area contributed by atoms with Gasteiger partial charge in [0, 0.05) is 16.2 Å². The maximum atomic E-state index is 12.6. The summed E-state index contributed by atoms with van der Waals surface area (Å²) in [7, 11) is 0. The van der Waals surface area contributed by atoms with E-state index >= 15 is 0 Å². The molecule has 1 aromatic carbocycles. The standard InChI is InChI=1S/C18H17ClN2O2S2/c1-3-13-8-14-17(25-13)20-10-21(18(14)23)9-12(22)7-11-5-4-6-15(19)16(11)24-2/h4-6,8,10H,3,7,9H2,1-2H3. The fraction of sp³-hybridized carbons (Fsp3) is 0.278. The lowest BCUT2D eigenvalue weighted by Gasteiger charge is -2.09. The molecule has 0 aliphatic rings. The minimum Gasteiger partial charge on any atom is -0.297 e. The highest BCUT2D eigenvalue weighted by molar-refractivity contribution is 7.98. The molecular weight excluding hydrogens is 376 g/mol. The van der Waals surface area contributed by atoms with Gasteiger partial charge >= 0.3 is 0 Å². The van der Waals surface area contributed by atoms with Crippen LogP contribution in [0.25, 0.3) is 10.2 Å². The van der Waals surface area contributed by atoms with Crippen molar-refractivity contribution in [2.24, 2.45) is 0 Å². The Morgan fingerprint density at radius 2 is 2.20 bits per heavy atom. The molecule has 0 aliphatic heterocycles. The van der Waals surface area contributed by atoms with Gasteiger partial charge in [-0.05, 0) is 30.4 Å². The number of fused-ring (bicyclic) bond motifs is 1. The van der Waals surface area contributed by atoms with Gasteiger partial charge in [-0.2, -0.15) is 0 Å². The molecule has 130 valence electrons. The summed E-state index contributed by atoms with van der Waals surface area (Å²) in [4.78, 5) is 32.1. The summed E-state index contributed by atoms with van der Waals surface area (Å²) in [5, 5.41) is 1.23. The van der Waals surface area contributed by atoms with E-state index in [0.29, 0.717) is 10.4 Å². The summed E-state index contributed by atoms with van der Waals surface area (Å²) in [5.41, 5.74) is 0.723. The Hall–Kier alpha value is -1.63. The fourth-order valence-corrected chi connectivity index (χ4v) is 4.69. The zero-order valence-corrected chi connectivity index (χ0v) is 16.3. The van der Waals surface area contributed by atoms with Gasteiger partial charge < -0.3 is 0 Å². The Bertz CT molecular complexity index is 994. The van der Waals surface area contributed by atoms with Crippen molar-refractivity contribution in [1.29, 1.82) is 0 Å². The summed E-state index contributed by atoms with van der Waals surface area (Å²) in [6.07, 6.45) is 4.50. The second-order valence-electron chi connectivity index (χ2n) is 5.61. The molecule has 0 N–H and O–H groups in total. The topological polar surface area (TPSA) is 52.0 Å². The third-order valence-electron chi connectivity index (χ3n) is 3.90. The highest BCUT2D eigenvalue weighted by Crippen LogP contribution is 2.29. The molecule has 3 rings (SSSR count). The van der Waals surface area contributed by atoms with E-state index in [-0.39, 0.29) is 24.3 Å². The number of rotatable bonds is 6. The Morgan fingerprint density at radius 1 is 1.40 bits per heavy atom. The van der Waals surface area contributed by atoms with Gasteiger partial charge in [-0.25, -0.2) is 4.98 Å². The monoisotopic (exact) mass is 392 g/mol. The van der Waals surface area contributed by atoms with Crippen molar-refractivity contribution in [2.45, 2.75) is 31.2 Å². The van der Waals surface area contributed by atoms with Gasteiger partial charge in [-0.1, -0.05) is 30.7 Å². The predicted octanol–water partition coefficient (Wildman–Crippen LogP) is 4.21. The predicted molar refractivity (Wildman–Crippen MR) is 105 cm³/mol. The smallest absolute Gasteiger partial charge is 0.262 e. The van der Waals surface area contributed by atoms with Crippen molar-refractivity contribution in [3.05, 3.63) is 56.4 Å². The summed E-state index contributed by atoms with van der Waals surface area (Å²) in [5.74, 6) is -0.0493. The van der Waals surface area contributed by atoms with Crippen molar-refractivity contribution in [2.75, 3.05) is 6.26 Å². The summed E-state index contributed by atoms with van der Waals surface area (Å²) in [6.45, 7) is 2.06. The van der Waals surface area contributed by atoms with Crippen molar-refractivity contribution < 1.29 is 4.79 Å². The number of ketones is 1. The van der Waals surface area contributed by atoms with E-state index in [1.165, 1.54) is 34.0 Å². The van der Waals surface area contributed by atoms with Crippen LogP contribution in [-0.4, -0.2) is 21.6 Å². The summed E-state index contributed by atoms with van der Waals surface area (Å²) in [6, 6.07) is 7.42. The number of aryl methyl sites for hydroxylation is 1. The van der Waals surface area contributed by atoms with Crippen LogP contribution in [0.3, 0.4) is 0 Å². The molecular formula is C18H17ClN2O2S2. The van der Waals surface area contributed by atoms with Crippen LogP contribution in [0.2, 0.25) is 5.02 Å². The number of hydrogen-bond donors (Lipinski definition) is 0. The maximum Gasteiger partial charge on any atom is 0.262 e. The van der Waals surface area contributed by atoms with E-state index in [9.17, 15) is 9.59 Å². The zero-order chi connectivity index (χ0) is 18.0.